The topological polar surface area (TPSA) is 144 Å². The Kier molecular flexibility index (Phi) is 8.34. The van der Waals surface area contributed by atoms with Crippen LogP contribution in [0.2, 0.25) is 0 Å². The number of esters is 1. The number of aromatic nitrogens is 2. The summed E-state index contributed by atoms with van der Waals surface area (Å²) in [5, 5.41) is 5.84. The standard InChI is InChI=1S/C17H28IN7O4/c1-5-28-11(26)10-25-14-12(24-18-25)13(19)22-15(23-14)20-8-6-7-9-21-16(27)29-17(2,3)4/h5-10H2,1-4H3,(H,21,27)(H3,19,20,22,23). The van der Waals surface area contributed by atoms with E-state index in [2.05, 4.69) is 23.7 Å². The SMILES string of the molecule is CCOC(=O)CN1I=Nc2c(N)nc(NCCCCNC(=O)OC(C)(C)C)nc21. The van der Waals surface area contributed by atoms with Crippen LogP contribution < -0.4 is 19.5 Å². The highest BCUT2D eigenvalue weighted by Crippen LogP contribution is 2.44. The van der Waals surface area contributed by atoms with Crippen LogP contribution >= 0.6 is 21.3 Å². The van der Waals surface area contributed by atoms with Crippen molar-refractivity contribution in [3.63, 3.8) is 0 Å². The van der Waals surface area contributed by atoms with Crippen LogP contribution in [0.1, 0.15) is 40.5 Å². The molecule has 0 saturated carbocycles. The van der Waals surface area contributed by atoms with Crippen LogP contribution in [0.15, 0.2) is 3.15 Å². The largest absolute Gasteiger partial charge is 0.465 e. The number of nitrogen functional groups attached to an aromatic ring is 1. The Morgan fingerprint density at radius 1 is 1.21 bits per heavy atom. The highest BCUT2D eigenvalue weighted by atomic mass is 127. The maximum Gasteiger partial charge on any atom is 0.407 e. The van der Waals surface area contributed by atoms with Gasteiger partial charge in [0, 0.05) is 13.1 Å². The first kappa shape index (κ1) is 23.0. The lowest BCUT2D eigenvalue weighted by atomic mass is 10.2. The fraction of sp³-hybridized carbons (Fsp3) is 0.647. The van der Waals surface area contributed by atoms with Gasteiger partial charge in [-0.05, 0) is 40.5 Å². The van der Waals surface area contributed by atoms with Crippen molar-refractivity contribution < 1.29 is 19.1 Å². The Morgan fingerprint density at radius 3 is 2.62 bits per heavy atom. The van der Waals surface area contributed by atoms with Gasteiger partial charge in [-0.15, -0.1) is 0 Å². The Bertz CT molecular complexity index is 767. The molecule has 4 N–H and O–H groups in total. The van der Waals surface area contributed by atoms with Crippen molar-refractivity contribution >= 4 is 56.6 Å². The van der Waals surface area contributed by atoms with Crippen molar-refractivity contribution in [2.75, 3.05) is 40.4 Å². The average Bonchev–Trinajstić information content (AvgIpc) is 3.00. The summed E-state index contributed by atoms with van der Waals surface area (Å²) in [5.41, 5.74) is 6.02. The summed E-state index contributed by atoms with van der Waals surface area (Å²) in [5.74, 6) is 0.915. The zero-order valence-corrected chi connectivity index (χ0v) is 19.3. The van der Waals surface area contributed by atoms with Crippen LogP contribution in [0, 0.1) is 0 Å². The molecule has 29 heavy (non-hydrogen) atoms. The van der Waals surface area contributed by atoms with E-state index in [0.29, 0.717) is 37.1 Å². The predicted octanol–water partition coefficient (Wildman–Crippen LogP) is 2.86. The van der Waals surface area contributed by atoms with Gasteiger partial charge in [0.15, 0.2) is 17.3 Å². The second-order valence-corrected chi connectivity index (χ2v) is 9.23. The van der Waals surface area contributed by atoms with Gasteiger partial charge in [-0.3, -0.25) is 7.91 Å². The molecule has 1 aliphatic rings. The van der Waals surface area contributed by atoms with Crippen LogP contribution in [-0.2, 0) is 14.3 Å². The van der Waals surface area contributed by atoms with Gasteiger partial charge in [0.2, 0.25) is 5.95 Å². The molecule has 1 aromatic rings. The lowest BCUT2D eigenvalue weighted by molar-refractivity contribution is -0.141. The molecule has 0 aromatic carbocycles. The Labute approximate surface area is 180 Å². The molecule has 0 saturated heterocycles. The van der Waals surface area contributed by atoms with Crippen molar-refractivity contribution in [3.8, 4) is 0 Å². The minimum absolute atomic E-state index is 0.101. The molecule has 0 fully saturated rings. The number of halogens is 1. The number of carbonyl (C=O) groups excluding carboxylic acids is 2. The molecular weight excluding hydrogens is 493 g/mol. The number of amides is 1. The van der Waals surface area contributed by atoms with Crippen LogP contribution in [0.3, 0.4) is 0 Å². The number of alkyl carbamates (subject to hydrolysis) is 1. The lowest BCUT2D eigenvalue weighted by Gasteiger charge is -2.19. The number of nitrogens with one attached hydrogen (secondary N) is 2. The van der Waals surface area contributed by atoms with Crippen molar-refractivity contribution in [2.45, 2.75) is 46.1 Å². The van der Waals surface area contributed by atoms with E-state index >= 15 is 0 Å². The van der Waals surface area contributed by atoms with Crippen molar-refractivity contribution in [2.24, 2.45) is 3.15 Å². The summed E-state index contributed by atoms with van der Waals surface area (Å²) >= 11 is -0.772. The van der Waals surface area contributed by atoms with Crippen LogP contribution in [-0.4, -0.2) is 53.9 Å². The molecule has 1 aliphatic heterocycles. The molecule has 0 aliphatic carbocycles. The Morgan fingerprint density at radius 2 is 1.93 bits per heavy atom. The highest BCUT2D eigenvalue weighted by Gasteiger charge is 2.25. The molecule has 2 heterocycles. The van der Waals surface area contributed by atoms with Gasteiger partial charge in [0.1, 0.15) is 33.5 Å². The first-order valence-corrected chi connectivity index (χ1v) is 11.3. The van der Waals surface area contributed by atoms with E-state index in [-0.39, 0.29) is 18.3 Å². The summed E-state index contributed by atoms with van der Waals surface area (Å²) in [6.45, 7) is 8.78. The molecule has 1 aromatic heterocycles. The Balaban J connectivity index is 1.79. The van der Waals surface area contributed by atoms with E-state index in [1.807, 2.05) is 20.8 Å². The third-order valence-electron chi connectivity index (χ3n) is 3.46. The maximum atomic E-state index is 11.8. The first-order valence-electron chi connectivity index (χ1n) is 9.36. The van der Waals surface area contributed by atoms with Gasteiger partial charge in [-0.2, -0.15) is 13.1 Å². The van der Waals surface area contributed by atoms with E-state index in [1.165, 1.54) is 0 Å². The maximum absolute atomic E-state index is 11.8. The van der Waals surface area contributed by atoms with E-state index < -0.39 is 33.0 Å². The lowest BCUT2D eigenvalue weighted by Crippen LogP contribution is -2.33. The van der Waals surface area contributed by atoms with Gasteiger partial charge in [-0.1, -0.05) is 0 Å². The summed E-state index contributed by atoms with van der Waals surface area (Å²) in [7, 11) is 0. The molecule has 12 heteroatoms. The number of hydrogen-bond acceptors (Lipinski definition) is 10. The first-order chi connectivity index (χ1) is 13.7. The fourth-order valence-electron chi connectivity index (χ4n) is 2.28. The number of anilines is 3. The van der Waals surface area contributed by atoms with Gasteiger partial charge >= 0.3 is 12.1 Å². The molecule has 0 radical (unpaired) electrons. The van der Waals surface area contributed by atoms with Crippen LogP contribution in [0.5, 0.6) is 0 Å². The fourth-order valence-corrected chi connectivity index (χ4v) is 4.20. The quantitative estimate of drug-likeness (QED) is 0.193. The van der Waals surface area contributed by atoms with E-state index in [1.54, 1.807) is 10.0 Å². The van der Waals surface area contributed by atoms with Gasteiger partial charge in [0.05, 0.1) is 6.61 Å². The van der Waals surface area contributed by atoms with Gasteiger partial charge in [-0.25, -0.2) is 4.79 Å². The molecule has 0 bridgehead atoms. The number of fused-ring (bicyclic) bond motifs is 1. The Hall–Kier alpha value is -2.25. The van der Waals surface area contributed by atoms with E-state index in [0.717, 1.165) is 12.8 Å². The molecule has 11 nitrogen and oxygen atoms in total. The number of unbranched alkanes of at least 4 members (excludes halogenated alkanes) is 1. The second kappa shape index (κ2) is 10.5. The number of nitrogens with two attached hydrogens (primary N) is 1. The van der Waals surface area contributed by atoms with Crippen molar-refractivity contribution in [1.82, 2.24) is 15.3 Å². The summed E-state index contributed by atoms with van der Waals surface area (Å²) < 4.78 is 16.4. The van der Waals surface area contributed by atoms with Gasteiger partial charge in [0.25, 0.3) is 0 Å². The molecule has 2 rings (SSSR count). The van der Waals surface area contributed by atoms with E-state index in [9.17, 15) is 9.59 Å². The summed E-state index contributed by atoms with van der Waals surface area (Å²) in [6, 6.07) is 0. The molecule has 0 atom stereocenters. The van der Waals surface area contributed by atoms with Crippen molar-refractivity contribution in [1.29, 1.82) is 0 Å². The average molecular weight is 521 g/mol. The molecule has 0 spiro atoms. The minimum atomic E-state index is -0.772. The minimum Gasteiger partial charge on any atom is -0.465 e. The smallest absolute Gasteiger partial charge is 0.407 e. The number of hydrogen-bond donors (Lipinski definition) is 3. The second-order valence-electron chi connectivity index (χ2n) is 7.15. The number of rotatable bonds is 9. The molecular formula is C17H28IN7O4. The molecule has 1 amide bonds. The zero-order valence-electron chi connectivity index (χ0n) is 17.1. The van der Waals surface area contributed by atoms with Crippen LogP contribution in [0.25, 0.3) is 0 Å². The predicted molar refractivity (Wildman–Crippen MR) is 118 cm³/mol. The van der Waals surface area contributed by atoms with Gasteiger partial charge < -0.3 is 25.8 Å². The highest BCUT2D eigenvalue weighted by molar-refractivity contribution is 14.2. The third kappa shape index (κ3) is 7.59. The van der Waals surface area contributed by atoms with E-state index in [4.69, 9.17) is 15.2 Å². The molecule has 0 unspecified atom stereocenters. The van der Waals surface area contributed by atoms with Crippen LogP contribution in [0.4, 0.5) is 28.1 Å². The monoisotopic (exact) mass is 521 g/mol. The summed E-state index contributed by atoms with van der Waals surface area (Å²) in [6.07, 6.45) is 1.14. The zero-order chi connectivity index (χ0) is 21.4. The number of nitrogens with zero attached hydrogens (tertiary/aromatic N) is 4. The third-order valence-corrected chi connectivity index (χ3v) is 5.48. The van der Waals surface area contributed by atoms with Crippen molar-refractivity contribution in [3.05, 3.63) is 0 Å². The normalized spacial score (nSPS) is 12.8. The molecule has 162 valence electrons. The number of ether oxygens (including phenoxy) is 2. The number of carbonyl (C=O) groups is 2. The summed E-state index contributed by atoms with van der Waals surface area (Å²) in [4.78, 5) is 32.0.